The lowest BCUT2D eigenvalue weighted by Crippen LogP contribution is -2.24. The standard InChI is InChI=1S/C19H22N2O3/c1-10-14(12-4-5-13(20)8-12)6-7-21-17(10)15(11-2-3-11)9-16(18(21)22)19(23)24/h6-7,9,11-13H,2-5,8,20H2,1H3,(H,23,24). The topological polar surface area (TPSA) is 84.8 Å². The number of aryl methyl sites for hydroxylation is 1. The van der Waals surface area contributed by atoms with Gasteiger partial charge in [-0.15, -0.1) is 0 Å². The zero-order valence-electron chi connectivity index (χ0n) is 13.8. The van der Waals surface area contributed by atoms with Crippen LogP contribution in [0.25, 0.3) is 5.52 Å². The van der Waals surface area contributed by atoms with Crippen molar-refractivity contribution in [3.8, 4) is 0 Å². The summed E-state index contributed by atoms with van der Waals surface area (Å²) in [6.45, 7) is 2.06. The van der Waals surface area contributed by atoms with E-state index in [1.165, 1.54) is 9.96 Å². The maximum absolute atomic E-state index is 12.6. The number of aromatic nitrogens is 1. The minimum absolute atomic E-state index is 0.135. The Labute approximate surface area is 140 Å². The predicted octanol–water partition coefficient (Wildman–Crippen LogP) is 2.78. The van der Waals surface area contributed by atoms with Gasteiger partial charge in [-0.05, 0) is 79.7 Å². The van der Waals surface area contributed by atoms with Crippen molar-refractivity contribution < 1.29 is 9.90 Å². The Morgan fingerprint density at radius 3 is 2.50 bits per heavy atom. The molecule has 0 radical (unpaired) electrons. The minimum Gasteiger partial charge on any atom is -0.477 e. The van der Waals surface area contributed by atoms with Crippen molar-refractivity contribution >= 4 is 11.5 Å². The van der Waals surface area contributed by atoms with Crippen molar-refractivity contribution in [2.75, 3.05) is 0 Å². The zero-order chi connectivity index (χ0) is 17.0. The van der Waals surface area contributed by atoms with Crippen LogP contribution in [-0.2, 0) is 0 Å². The van der Waals surface area contributed by atoms with E-state index in [0.29, 0.717) is 11.8 Å². The number of hydrogen-bond acceptors (Lipinski definition) is 3. The fraction of sp³-hybridized carbons (Fsp3) is 0.474. The summed E-state index contributed by atoms with van der Waals surface area (Å²) in [5.74, 6) is -0.343. The first-order valence-corrected chi connectivity index (χ1v) is 8.65. The summed E-state index contributed by atoms with van der Waals surface area (Å²) in [6, 6.07) is 3.84. The lowest BCUT2D eigenvalue weighted by Gasteiger charge is -2.18. The molecular weight excluding hydrogens is 304 g/mol. The van der Waals surface area contributed by atoms with Crippen molar-refractivity contribution in [3.05, 3.63) is 50.9 Å². The second-order valence-corrected chi connectivity index (χ2v) is 7.28. The third kappa shape index (κ3) is 2.35. The van der Waals surface area contributed by atoms with Crippen LogP contribution in [0, 0.1) is 6.92 Å². The van der Waals surface area contributed by atoms with Crippen molar-refractivity contribution in [3.63, 3.8) is 0 Å². The third-order valence-electron chi connectivity index (χ3n) is 5.62. The molecule has 24 heavy (non-hydrogen) atoms. The van der Waals surface area contributed by atoms with Gasteiger partial charge in [-0.25, -0.2) is 4.79 Å². The number of hydrogen-bond donors (Lipinski definition) is 2. The molecule has 0 aliphatic heterocycles. The Bertz CT molecular complexity index is 896. The molecular formula is C19H22N2O3. The average Bonchev–Trinajstić information content (AvgIpc) is 3.29. The van der Waals surface area contributed by atoms with Gasteiger partial charge in [0.15, 0.2) is 0 Å². The molecule has 2 aromatic heterocycles. The first-order chi connectivity index (χ1) is 11.5. The maximum atomic E-state index is 12.6. The number of pyridine rings is 2. The number of nitrogens with zero attached hydrogens (tertiary/aromatic N) is 1. The van der Waals surface area contributed by atoms with Gasteiger partial charge in [-0.3, -0.25) is 9.20 Å². The summed E-state index contributed by atoms with van der Waals surface area (Å²) in [4.78, 5) is 24.0. The van der Waals surface area contributed by atoms with E-state index in [4.69, 9.17) is 5.73 Å². The molecule has 2 aliphatic carbocycles. The minimum atomic E-state index is -1.15. The zero-order valence-corrected chi connectivity index (χ0v) is 13.8. The number of fused-ring (bicyclic) bond motifs is 1. The van der Waals surface area contributed by atoms with Crippen molar-refractivity contribution in [1.29, 1.82) is 0 Å². The molecule has 3 N–H and O–H groups in total. The van der Waals surface area contributed by atoms with E-state index in [1.54, 1.807) is 12.3 Å². The van der Waals surface area contributed by atoms with Gasteiger partial charge < -0.3 is 10.8 Å². The van der Waals surface area contributed by atoms with Crippen LogP contribution >= 0.6 is 0 Å². The molecule has 5 heteroatoms. The Hall–Kier alpha value is -2.14. The highest BCUT2D eigenvalue weighted by atomic mass is 16.4. The van der Waals surface area contributed by atoms with E-state index >= 15 is 0 Å². The van der Waals surface area contributed by atoms with Gasteiger partial charge in [0.25, 0.3) is 5.56 Å². The molecule has 2 unspecified atom stereocenters. The number of carbonyl (C=O) groups is 1. The fourth-order valence-corrected chi connectivity index (χ4v) is 4.21. The Morgan fingerprint density at radius 2 is 1.92 bits per heavy atom. The fourth-order valence-electron chi connectivity index (χ4n) is 4.21. The monoisotopic (exact) mass is 326 g/mol. The van der Waals surface area contributed by atoms with E-state index in [0.717, 1.165) is 48.7 Å². The molecule has 0 amide bonds. The molecule has 0 spiro atoms. The van der Waals surface area contributed by atoms with Gasteiger partial charge in [-0.1, -0.05) is 0 Å². The molecule has 2 saturated carbocycles. The summed E-state index contributed by atoms with van der Waals surface area (Å²) in [5.41, 5.74) is 9.77. The number of carboxylic acids is 1. The van der Waals surface area contributed by atoms with Crippen LogP contribution < -0.4 is 11.3 Å². The van der Waals surface area contributed by atoms with Gasteiger partial charge in [-0.2, -0.15) is 0 Å². The predicted molar refractivity (Wildman–Crippen MR) is 91.9 cm³/mol. The number of carboxylic acid groups (broad SMARTS) is 1. The average molecular weight is 326 g/mol. The van der Waals surface area contributed by atoms with E-state index in [-0.39, 0.29) is 11.6 Å². The Morgan fingerprint density at radius 1 is 1.21 bits per heavy atom. The Balaban J connectivity index is 1.97. The van der Waals surface area contributed by atoms with Gasteiger partial charge in [0.05, 0.1) is 5.52 Å². The highest BCUT2D eigenvalue weighted by molar-refractivity contribution is 5.88. The highest BCUT2D eigenvalue weighted by Gasteiger charge is 2.31. The van der Waals surface area contributed by atoms with Crippen LogP contribution in [0.1, 0.15) is 71.0 Å². The van der Waals surface area contributed by atoms with Crippen LogP contribution in [0.2, 0.25) is 0 Å². The summed E-state index contributed by atoms with van der Waals surface area (Å²) >= 11 is 0. The second kappa shape index (κ2) is 5.45. The third-order valence-corrected chi connectivity index (χ3v) is 5.62. The molecule has 0 saturated heterocycles. The van der Waals surface area contributed by atoms with Crippen LogP contribution in [-0.4, -0.2) is 21.5 Å². The summed E-state index contributed by atoms with van der Waals surface area (Å²) in [7, 11) is 0. The van der Waals surface area contributed by atoms with E-state index in [2.05, 4.69) is 6.92 Å². The Kier molecular flexibility index (Phi) is 3.49. The molecule has 5 nitrogen and oxygen atoms in total. The van der Waals surface area contributed by atoms with E-state index in [9.17, 15) is 14.7 Å². The van der Waals surface area contributed by atoms with E-state index < -0.39 is 11.5 Å². The first-order valence-electron chi connectivity index (χ1n) is 8.65. The molecule has 2 heterocycles. The van der Waals surface area contributed by atoms with Crippen molar-refractivity contribution in [2.45, 2.75) is 56.9 Å². The maximum Gasteiger partial charge on any atom is 0.341 e. The quantitative estimate of drug-likeness (QED) is 0.908. The van der Waals surface area contributed by atoms with E-state index in [1.807, 2.05) is 6.07 Å². The molecule has 2 aliphatic rings. The number of aromatic carboxylic acids is 1. The lowest BCUT2D eigenvalue weighted by molar-refractivity contribution is 0.0694. The molecule has 4 rings (SSSR count). The van der Waals surface area contributed by atoms with Crippen LogP contribution in [0.3, 0.4) is 0 Å². The largest absolute Gasteiger partial charge is 0.477 e. The van der Waals surface area contributed by atoms with Gasteiger partial charge in [0.1, 0.15) is 5.56 Å². The highest BCUT2D eigenvalue weighted by Crippen LogP contribution is 2.44. The van der Waals surface area contributed by atoms with Crippen LogP contribution in [0.5, 0.6) is 0 Å². The molecule has 2 fully saturated rings. The van der Waals surface area contributed by atoms with Crippen LogP contribution in [0.15, 0.2) is 23.1 Å². The van der Waals surface area contributed by atoms with Crippen LogP contribution in [0.4, 0.5) is 0 Å². The smallest absolute Gasteiger partial charge is 0.341 e. The van der Waals surface area contributed by atoms with Gasteiger partial charge in [0, 0.05) is 12.2 Å². The molecule has 126 valence electrons. The SMILES string of the molecule is Cc1c(C2CCC(N)C2)ccn2c(=O)c(C(=O)O)cc(C3CC3)c12. The summed E-state index contributed by atoms with van der Waals surface area (Å²) in [5, 5.41) is 9.35. The van der Waals surface area contributed by atoms with Gasteiger partial charge in [0.2, 0.25) is 0 Å². The number of nitrogens with two attached hydrogens (primary N) is 1. The summed E-state index contributed by atoms with van der Waals surface area (Å²) < 4.78 is 1.53. The summed E-state index contributed by atoms with van der Waals surface area (Å²) in [6.07, 6.45) is 6.97. The van der Waals surface area contributed by atoms with Crippen molar-refractivity contribution in [1.82, 2.24) is 4.40 Å². The van der Waals surface area contributed by atoms with Crippen molar-refractivity contribution in [2.24, 2.45) is 5.73 Å². The molecule has 0 bridgehead atoms. The molecule has 0 aromatic carbocycles. The molecule has 2 atom stereocenters. The number of rotatable bonds is 3. The lowest BCUT2D eigenvalue weighted by atomic mass is 9.91. The first kappa shape index (κ1) is 15.4. The normalized spacial score (nSPS) is 23.8. The molecule has 2 aromatic rings. The van der Waals surface area contributed by atoms with Gasteiger partial charge >= 0.3 is 5.97 Å². The second-order valence-electron chi connectivity index (χ2n) is 7.28.